The molecule has 0 saturated carbocycles. The van der Waals surface area contributed by atoms with Crippen molar-refractivity contribution in [1.29, 1.82) is 0 Å². The van der Waals surface area contributed by atoms with E-state index in [0.29, 0.717) is 18.2 Å². The van der Waals surface area contributed by atoms with Crippen LogP contribution in [-0.2, 0) is 4.74 Å². The summed E-state index contributed by atoms with van der Waals surface area (Å²) in [5.41, 5.74) is 0.599. The Kier molecular flexibility index (Phi) is 2.33. The molecule has 1 aromatic rings. The fraction of sp³-hybridized carbons (Fsp3) is 0.667. The molecule has 4 heteroatoms. The topological polar surface area (TPSA) is 55.5 Å². The third-order valence-corrected chi connectivity index (χ3v) is 2.25. The molecule has 2 atom stereocenters. The van der Waals surface area contributed by atoms with Crippen LogP contribution >= 0.6 is 0 Å². The highest BCUT2D eigenvalue weighted by molar-refractivity contribution is 5.03. The Morgan fingerprint density at radius 2 is 2.54 bits per heavy atom. The molecule has 0 radical (unpaired) electrons. The second-order valence-electron chi connectivity index (χ2n) is 3.35. The molecule has 2 rings (SSSR count). The third kappa shape index (κ3) is 1.73. The minimum atomic E-state index is -0.556. The van der Waals surface area contributed by atoms with Gasteiger partial charge < -0.3 is 14.3 Å². The van der Waals surface area contributed by atoms with Gasteiger partial charge in [-0.3, -0.25) is 0 Å². The van der Waals surface area contributed by atoms with E-state index in [9.17, 15) is 5.11 Å². The first-order chi connectivity index (χ1) is 6.27. The molecule has 13 heavy (non-hydrogen) atoms. The van der Waals surface area contributed by atoms with Crippen LogP contribution in [-0.4, -0.2) is 23.3 Å². The molecule has 0 bridgehead atoms. The van der Waals surface area contributed by atoms with Gasteiger partial charge >= 0.3 is 0 Å². The standard InChI is InChI=1S/C9H13NO3/c1-6(11)8-5-13-9(10-8)7-2-3-12-4-7/h5-7,11H,2-4H2,1H3. The number of hydrogen-bond donors (Lipinski definition) is 1. The molecular formula is C9H13NO3. The number of rotatable bonds is 2. The van der Waals surface area contributed by atoms with Crippen molar-refractivity contribution in [3.05, 3.63) is 17.8 Å². The second kappa shape index (κ2) is 3.47. The SMILES string of the molecule is CC(O)c1coc(C2CCOC2)n1. The fourth-order valence-corrected chi connectivity index (χ4v) is 1.41. The van der Waals surface area contributed by atoms with Crippen LogP contribution in [0.25, 0.3) is 0 Å². The van der Waals surface area contributed by atoms with Gasteiger partial charge in [0.2, 0.25) is 0 Å². The highest BCUT2D eigenvalue weighted by Gasteiger charge is 2.23. The lowest BCUT2D eigenvalue weighted by Gasteiger charge is -1.99. The lowest BCUT2D eigenvalue weighted by Crippen LogP contribution is -1.99. The minimum Gasteiger partial charge on any atom is -0.448 e. The summed E-state index contributed by atoms with van der Waals surface area (Å²) in [5, 5.41) is 9.23. The maximum Gasteiger partial charge on any atom is 0.199 e. The average molecular weight is 183 g/mol. The van der Waals surface area contributed by atoms with Gasteiger partial charge in [-0.15, -0.1) is 0 Å². The first-order valence-electron chi connectivity index (χ1n) is 4.48. The van der Waals surface area contributed by atoms with E-state index in [4.69, 9.17) is 9.15 Å². The fourth-order valence-electron chi connectivity index (χ4n) is 1.41. The predicted octanol–water partition coefficient (Wildman–Crippen LogP) is 1.23. The van der Waals surface area contributed by atoms with Crippen LogP contribution in [0.2, 0.25) is 0 Å². The van der Waals surface area contributed by atoms with Crippen molar-refractivity contribution in [2.24, 2.45) is 0 Å². The van der Waals surface area contributed by atoms with Gasteiger partial charge in [0.15, 0.2) is 5.89 Å². The smallest absolute Gasteiger partial charge is 0.199 e. The summed E-state index contributed by atoms with van der Waals surface area (Å²) in [6, 6.07) is 0. The summed E-state index contributed by atoms with van der Waals surface area (Å²) in [6.07, 6.45) is 1.91. The van der Waals surface area contributed by atoms with Crippen LogP contribution in [0.1, 0.15) is 37.0 Å². The Hall–Kier alpha value is -0.870. The molecular weight excluding hydrogens is 170 g/mol. The molecule has 0 spiro atoms. The zero-order chi connectivity index (χ0) is 9.26. The molecule has 1 N–H and O–H groups in total. The van der Waals surface area contributed by atoms with E-state index in [2.05, 4.69) is 4.98 Å². The maximum absolute atomic E-state index is 9.23. The van der Waals surface area contributed by atoms with Gasteiger partial charge in [0.1, 0.15) is 12.0 Å². The summed E-state index contributed by atoms with van der Waals surface area (Å²) < 4.78 is 10.5. The molecule has 72 valence electrons. The van der Waals surface area contributed by atoms with Crippen molar-refractivity contribution < 1.29 is 14.3 Å². The van der Waals surface area contributed by atoms with Gasteiger partial charge in [0.05, 0.1) is 18.6 Å². The van der Waals surface area contributed by atoms with Crippen molar-refractivity contribution >= 4 is 0 Å². The molecule has 1 fully saturated rings. The van der Waals surface area contributed by atoms with Crippen molar-refractivity contribution in [2.45, 2.75) is 25.4 Å². The van der Waals surface area contributed by atoms with Gasteiger partial charge in [0, 0.05) is 6.61 Å². The van der Waals surface area contributed by atoms with Crippen LogP contribution < -0.4 is 0 Å². The average Bonchev–Trinajstić information content (AvgIpc) is 2.75. The van der Waals surface area contributed by atoms with E-state index >= 15 is 0 Å². The van der Waals surface area contributed by atoms with Crippen LogP contribution in [0.4, 0.5) is 0 Å². The summed E-state index contributed by atoms with van der Waals surface area (Å²) in [7, 11) is 0. The first kappa shape index (κ1) is 8.72. The molecule has 0 aliphatic carbocycles. The number of aromatic nitrogens is 1. The summed E-state index contributed by atoms with van der Waals surface area (Å²) in [5.74, 6) is 0.959. The van der Waals surface area contributed by atoms with Gasteiger partial charge in [-0.1, -0.05) is 0 Å². The van der Waals surface area contributed by atoms with Gasteiger partial charge in [-0.05, 0) is 13.3 Å². The Bertz CT molecular complexity index is 276. The molecule has 1 aromatic heterocycles. The van der Waals surface area contributed by atoms with Crippen molar-refractivity contribution in [1.82, 2.24) is 4.98 Å². The third-order valence-electron chi connectivity index (χ3n) is 2.25. The lowest BCUT2D eigenvalue weighted by atomic mass is 10.1. The van der Waals surface area contributed by atoms with E-state index in [1.54, 1.807) is 6.92 Å². The zero-order valence-electron chi connectivity index (χ0n) is 7.56. The quantitative estimate of drug-likeness (QED) is 0.749. The molecule has 0 amide bonds. The predicted molar refractivity (Wildman–Crippen MR) is 45.3 cm³/mol. The van der Waals surface area contributed by atoms with Crippen LogP contribution in [0, 0.1) is 0 Å². The van der Waals surface area contributed by atoms with E-state index in [-0.39, 0.29) is 5.92 Å². The van der Waals surface area contributed by atoms with Crippen LogP contribution in [0.3, 0.4) is 0 Å². The zero-order valence-corrected chi connectivity index (χ0v) is 7.56. The first-order valence-corrected chi connectivity index (χ1v) is 4.48. The number of aliphatic hydroxyl groups is 1. The summed E-state index contributed by atoms with van der Waals surface area (Å²) in [4.78, 5) is 4.20. The van der Waals surface area contributed by atoms with Gasteiger partial charge in [-0.25, -0.2) is 4.98 Å². The Morgan fingerprint density at radius 3 is 3.08 bits per heavy atom. The van der Waals surface area contributed by atoms with Crippen molar-refractivity contribution in [3.8, 4) is 0 Å². The molecule has 2 heterocycles. The van der Waals surface area contributed by atoms with Crippen LogP contribution in [0.15, 0.2) is 10.7 Å². The molecule has 1 aliphatic heterocycles. The van der Waals surface area contributed by atoms with E-state index < -0.39 is 6.10 Å². The maximum atomic E-state index is 9.23. The Labute approximate surface area is 76.5 Å². The van der Waals surface area contributed by atoms with Gasteiger partial charge in [0.25, 0.3) is 0 Å². The second-order valence-corrected chi connectivity index (χ2v) is 3.35. The van der Waals surface area contributed by atoms with Crippen molar-refractivity contribution in [3.63, 3.8) is 0 Å². The van der Waals surface area contributed by atoms with Crippen molar-refractivity contribution in [2.75, 3.05) is 13.2 Å². The lowest BCUT2D eigenvalue weighted by molar-refractivity contribution is 0.190. The monoisotopic (exact) mass is 183 g/mol. The van der Waals surface area contributed by atoms with E-state index in [1.807, 2.05) is 0 Å². The Morgan fingerprint density at radius 1 is 1.69 bits per heavy atom. The minimum absolute atomic E-state index is 0.271. The summed E-state index contributed by atoms with van der Waals surface area (Å²) >= 11 is 0. The highest BCUT2D eigenvalue weighted by Crippen LogP contribution is 2.25. The number of ether oxygens (including phenoxy) is 1. The number of nitrogens with zero attached hydrogens (tertiary/aromatic N) is 1. The molecule has 0 aromatic carbocycles. The van der Waals surface area contributed by atoms with E-state index in [0.717, 1.165) is 13.0 Å². The number of hydrogen-bond acceptors (Lipinski definition) is 4. The summed E-state index contributed by atoms with van der Waals surface area (Å²) in [6.45, 7) is 3.13. The normalized spacial score (nSPS) is 24.9. The molecule has 1 aliphatic rings. The van der Waals surface area contributed by atoms with E-state index in [1.165, 1.54) is 6.26 Å². The molecule has 1 saturated heterocycles. The number of aliphatic hydroxyl groups excluding tert-OH is 1. The van der Waals surface area contributed by atoms with Gasteiger partial charge in [-0.2, -0.15) is 0 Å². The number of oxazole rings is 1. The van der Waals surface area contributed by atoms with Crippen LogP contribution in [0.5, 0.6) is 0 Å². The molecule has 4 nitrogen and oxygen atoms in total. The Balaban J connectivity index is 2.12. The molecule has 2 unspecified atom stereocenters. The largest absolute Gasteiger partial charge is 0.448 e. The highest BCUT2D eigenvalue weighted by atomic mass is 16.5.